The van der Waals surface area contributed by atoms with E-state index in [0.29, 0.717) is 22.5 Å². The lowest BCUT2D eigenvalue weighted by atomic mass is 10.0. The summed E-state index contributed by atoms with van der Waals surface area (Å²) in [5.74, 6) is 0.0920. The number of hydrogen-bond donors (Lipinski definition) is 1. The molecule has 1 amide bonds. The molecule has 1 aromatic carbocycles. The second kappa shape index (κ2) is 7.89. The van der Waals surface area contributed by atoms with E-state index in [1.807, 2.05) is 6.07 Å². The molecule has 0 aliphatic carbocycles. The fourth-order valence-corrected chi connectivity index (χ4v) is 2.82. The predicted octanol–water partition coefficient (Wildman–Crippen LogP) is 3.57. The summed E-state index contributed by atoms with van der Waals surface area (Å²) in [5.41, 5.74) is 0.610. The zero-order valence-corrected chi connectivity index (χ0v) is 14.1. The molecule has 1 fully saturated rings. The Morgan fingerprint density at radius 3 is 2.91 bits per heavy atom. The van der Waals surface area contributed by atoms with Crippen LogP contribution in [-0.2, 0) is 4.79 Å². The molecule has 0 spiro atoms. The number of carbonyl (C=O) groups excluding carboxylic acids is 1. The number of anilines is 1. The van der Waals surface area contributed by atoms with Gasteiger partial charge in [0.05, 0.1) is 12.1 Å². The van der Waals surface area contributed by atoms with Crippen molar-refractivity contribution < 1.29 is 9.53 Å². The van der Waals surface area contributed by atoms with Crippen LogP contribution in [0.25, 0.3) is 0 Å². The summed E-state index contributed by atoms with van der Waals surface area (Å²) in [5, 5.41) is 12.4. The van der Waals surface area contributed by atoms with Gasteiger partial charge in [-0.05, 0) is 44.4 Å². The van der Waals surface area contributed by atoms with Gasteiger partial charge in [-0.1, -0.05) is 11.6 Å². The molecule has 5 nitrogen and oxygen atoms in total. The van der Waals surface area contributed by atoms with E-state index in [9.17, 15) is 10.1 Å². The van der Waals surface area contributed by atoms with E-state index in [4.69, 9.17) is 16.3 Å². The zero-order chi connectivity index (χ0) is 16.8. The minimum absolute atomic E-state index is 0.0886. The molecule has 1 aliphatic rings. The average Bonchev–Trinajstić information content (AvgIpc) is 2.54. The van der Waals surface area contributed by atoms with Gasteiger partial charge in [0.15, 0.2) is 0 Å². The molecule has 1 saturated heterocycles. The van der Waals surface area contributed by atoms with Gasteiger partial charge in [-0.25, -0.2) is 0 Å². The lowest BCUT2D eigenvalue weighted by Crippen LogP contribution is -2.34. The summed E-state index contributed by atoms with van der Waals surface area (Å²) in [6.07, 6.45) is 4.99. The van der Waals surface area contributed by atoms with Crippen LogP contribution in [0, 0.1) is 11.3 Å². The van der Waals surface area contributed by atoms with Crippen LogP contribution in [0.2, 0.25) is 5.02 Å². The van der Waals surface area contributed by atoms with E-state index in [0.717, 1.165) is 19.4 Å². The average molecular weight is 334 g/mol. The van der Waals surface area contributed by atoms with E-state index in [1.54, 1.807) is 24.4 Å². The number of nitrogens with zero attached hydrogens (tertiary/aromatic N) is 2. The first kappa shape index (κ1) is 17.2. The van der Waals surface area contributed by atoms with Gasteiger partial charge in [0, 0.05) is 24.5 Å². The number of methoxy groups -OCH3 is 1. The van der Waals surface area contributed by atoms with Crippen molar-refractivity contribution in [3.8, 4) is 11.8 Å². The third-order valence-electron chi connectivity index (χ3n) is 3.92. The quantitative estimate of drug-likeness (QED) is 0.675. The van der Waals surface area contributed by atoms with Gasteiger partial charge in [0.2, 0.25) is 0 Å². The normalized spacial score (nSPS) is 18.3. The van der Waals surface area contributed by atoms with Crippen molar-refractivity contribution in [2.24, 2.45) is 0 Å². The van der Waals surface area contributed by atoms with E-state index < -0.39 is 5.91 Å². The Hall–Kier alpha value is -2.19. The van der Waals surface area contributed by atoms with Gasteiger partial charge in [-0.3, -0.25) is 4.79 Å². The molecule has 23 heavy (non-hydrogen) atoms. The molecular weight excluding hydrogens is 314 g/mol. The number of nitriles is 1. The fourth-order valence-electron chi connectivity index (χ4n) is 2.56. The molecule has 1 aromatic rings. The Morgan fingerprint density at radius 1 is 1.52 bits per heavy atom. The van der Waals surface area contributed by atoms with Gasteiger partial charge in [0.1, 0.15) is 17.4 Å². The standard InChI is InChI=1S/C17H20ClN3O2/c1-12-5-3-4-8-21(12)11-13(10-19)17(22)20-14-6-7-16(23-2)15(18)9-14/h6-7,9,11-12H,3-5,8H2,1-2H3,(H,20,22)/b13-11-. The highest BCUT2D eigenvalue weighted by atomic mass is 35.5. The van der Waals surface area contributed by atoms with Crippen LogP contribution in [0.3, 0.4) is 0 Å². The van der Waals surface area contributed by atoms with Gasteiger partial charge < -0.3 is 15.0 Å². The SMILES string of the molecule is COc1ccc(NC(=O)/C(C#N)=C\N2CCCCC2C)cc1Cl. The Bertz CT molecular complexity index is 652. The van der Waals surface area contributed by atoms with Crippen molar-refractivity contribution in [2.75, 3.05) is 19.0 Å². The number of benzene rings is 1. The lowest BCUT2D eigenvalue weighted by molar-refractivity contribution is -0.112. The number of nitrogens with one attached hydrogen (secondary N) is 1. The van der Waals surface area contributed by atoms with E-state index >= 15 is 0 Å². The van der Waals surface area contributed by atoms with Crippen LogP contribution < -0.4 is 10.1 Å². The third-order valence-corrected chi connectivity index (χ3v) is 4.22. The first-order valence-corrected chi connectivity index (χ1v) is 7.95. The number of likely N-dealkylation sites (tertiary alicyclic amines) is 1. The van der Waals surface area contributed by atoms with Crippen molar-refractivity contribution >= 4 is 23.2 Å². The molecule has 1 aliphatic heterocycles. The zero-order valence-electron chi connectivity index (χ0n) is 13.3. The lowest BCUT2D eigenvalue weighted by Gasteiger charge is -2.32. The maximum atomic E-state index is 12.3. The molecule has 0 radical (unpaired) electrons. The Balaban J connectivity index is 2.11. The number of halogens is 1. The van der Waals surface area contributed by atoms with Crippen molar-refractivity contribution in [1.82, 2.24) is 4.90 Å². The van der Waals surface area contributed by atoms with Crippen molar-refractivity contribution in [1.29, 1.82) is 5.26 Å². The minimum atomic E-state index is -0.438. The van der Waals surface area contributed by atoms with Crippen LogP contribution in [-0.4, -0.2) is 30.5 Å². The smallest absolute Gasteiger partial charge is 0.267 e. The summed E-state index contributed by atoms with van der Waals surface area (Å²) in [4.78, 5) is 14.3. The fraction of sp³-hybridized carbons (Fsp3) is 0.412. The Labute approximate surface area is 141 Å². The molecule has 6 heteroatoms. The second-order valence-corrected chi connectivity index (χ2v) is 5.95. The Morgan fingerprint density at radius 2 is 2.30 bits per heavy atom. The van der Waals surface area contributed by atoms with Crippen LogP contribution in [0.5, 0.6) is 5.75 Å². The van der Waals surface area contributed by atoms with Crippen molar-refractivity contribution in [3.05, 3.63) is 35.0 Å². The molecule has 1 heterocycles. The summed E-state index contributed by atoms with van der Waals surface area (Å²) < 4.78 is 5.07. The maximum absolute atomic E-state index is 12.3. The molecule has 0 saturated carbocycles. The van der Waals surface area contributed by atoms with E-state index in [1.165, 1.54) is 13.5 Å². The molecule has 1 atom stereocenters. The van der Waals surface area contributed by atoms with Gasteiger partial charge in [-0.2, -0.15) is 5.26 Å². The van der Waals surface area contributed by atoms with Gasteiger partial charge in [0.25, 0.3) is 5.91 Å². The predicted molar refractivity (Wildman–Crippen MR) is 90.3 cm³/mol. The van der Waals surface area contributed by atoms with Gasteiger partial charge >= 0.3 is 0 Å². The molecule has 1 N–H and O–H groups in total. The summed E-state index contributed by atoms with van der Waals surface area (Å²) in [7, 11) is 1.52. The summed E-state index contributed by atoms with van der Waals surface area (Å²) in [6.45, 7) is 2.97. The molecular formula is C17H20ClN3O2. The third kappa shape index (κ3) is 4.40. The molecule has 122 valence electrons. The number of ether oxygens (including phenoxy) is 1. The number of piperidine rings is 1. The van der Waals surface area contributed by atoms with Crippen molar-refractivity contribution in [2.45, 2.75) is 32.2 Å². The number of rotatable bonds is 4. The number of amides is 1. The van der Waals surface area contributed by atoms with Crippen LogP contribution in [0.4, 0.5) is 5.69 Å². The molecule has 0 aromatic heterocycles. The van der Waals surface area contributed by atoms with E-state index in [-0.39, 0.29) is 5.57 Å². The number of hydrogen-bond acceptors (Lipinski definition) is 4. The Kier molecular flexibility index (Phi) is 5.89. The van der Waals surface area contributed by atoms with Crippen LogP contribution >= 0.6 is 11.6 Å². The highest BCUT2D eigenvalue weighted by molar-refractivity contribution is 6.32. The molecule has 2 rings (SSSR count). The maximum Gasteiger partial charge on any atom is 0.267 e. The monoisotopic (exact) mass is 333 g/mol. The van der Waals surface area contributed by atoms with Crippen LogP contribution in [0.1, 0.15) is 26.2 Å². The van der Waals surface area contributed by atoms with Gasteiger partial charge in [-0.15, -0.1) is 0 Å². The first-order chi connectivity index (χ1) is 11.0. The largest absolute Gasteiger partial charge is 0.495 e. The highest BCUT2D eigenvalue weighted by Gasteiger charge is 2.18. The number of carbonyl (C=O) groups is 1. The topological polar surface area (TPSA) is 65.4 Å². The first-order valence-electron chi connectivity index (χ1n) is 7.57. The van der Waals surface area contributed by atoms with Crippen molar-refractivity contribution in [3.63, 3.8) is 0 Å². The minimum Gasteiger partial charge on any atom is -0.495 e. The molecule has 1 unspecified atom stereocenters. The summed E-state index contributed by atoms with van der Waals surface area (Å²) in [6, 6.07) is 7.26. The second-order valence-electron chi connectivity index (χ2n) is 5.54. The van der Waals surface area contributed by atoms with E-state index in [2.05, 4.69) is 17.1 Å². The summed E-state index contributed by atoms with van der Waals surface area (Å²) >= 11 is 6.04. The van der Waals surface area contributed by atoms with Crippen LogP contribution in [0.15, 0.2) is 30.0 Å². The highest BCUT2D eigenvalue weighted by Crippen LogP contribution is 2.27. The molecule has 0 bridgehead atoms.